The summed E-state index contributed by atoms with van der Waals surface area (Å²) in [5.74, 6) is 0.869. The van der Waals surface area contributed by atoms with Crippen LogP contribution in [0.2, 0.25) is 0 Å². The molecule has 0 saturated carbocycles. The van der Waals surface area contributed by atoms with E-state index in [1.165, 1.54) is 17.5 Å². The molecule has 2 saturated heterocycles. The van der Waals surface area contributed by atoms with E-state index < -0.39 is 0 Å². The third-order valence-corrected chi connectivity index (χ3v) is 5.97. The second kappa shape index (κ2) is 6.63. The number of fused-ring (bicyclic) bond motifs is 1. The number of hydrogen-bond acceptors (Lipinski definition) is 6. The molecule has 6 heteroatoms. The number of hydrogen-bond donors (Lipinski definition) is 0. The average Bonchev–Trinajstić information content (AvgIpc) is 3.07. The number of methoxy groups -OCH3 is 1. The molecule has 0 spiro atoms. The van der Waals surface area contributed by atoms with Crippen molar-refractivity contribution in [3.63, 3.8) is 0 Å². The van der Waals surface area contributed by atoms with Crippen molar-refractivity contribution in [1.29, 1.82) is 0 Å². The Bertz CT molecular complexity index is 661. The van der Waals surface area contributed by atoms with Crippen LogP contribution in [0.25, 0.3) is 10.2 Å². The van der Waals surface area contributed by atoms with Crippen LogP contribution in [0, 0.1) is 0 Å². The monoisotopic (exact) mass is 333 g/mol. The Balaban J connectivity index is 1.45. The maximum atomic E-state index is 5.46. The molecular formula is C17H23N3O2S. The summed E-state index contributed by atoms with van der Waals surface area (Å²) in [4.78, 5) is 9.86. The van der Waals surface area contributed by atoms with Gasteiger partial charge in [-0.2, -0.15) is 0 Å². The average molecular weight is 333 g/mol. The van der Waals surface area contributed by atoms with Crippen molar-refractivity contribution < 1.29 is 9.47 Å². The number of thiazole rings is 1. The molecule has 3 heterocycles. The Morgan fingerprint density at radius 3 is 2.70 bits per heavy atom. The summed E-state index contributed by atoms with van der Waals surface area (Å²) in [5.41, 5.74) is 0.991. The second-order valence-electron chi connectivity index (χ2n) is 6.17. The third-order valence-electron chi connectivity index (χ3n) is 4.89. The highest BCUT2D eigenvalue weighted by Gasteiger charge is 2.27. The van der Waals surface area contributed by atoms with E-state index in [0.29, 0.717) is 6.04 Å². The Hall–Kier alpha value is -1.37. The van der Waals surface area contributed by atoms with Crippen LogP contribution in [0.5, 0.6) is 5.75 Å². The molecule has 0 unspecified atom stereocenters. The highest BCUT2D eigenvalue weighted by molar-refractivity contribution is 7.22. The third kappa shape index (κ3) is 3.03. The standard InChI is InChI=1S/C17H23N3O2S/c1-21-14-3-2-4-15-16(14)18-17(23-15)20-7-5-13(6-8-20)19-9-11-22-12-10-19/h2-4,13H,5-12H2,1H3. The van der Waals surface area contributed by atoms with Gasteiger partial charge in [0.1, 0.15) is 11.3 Å². The van der Waals surface area contributed by atoms with Gasteiger partial charge in [-0.05, 0) is 25.0 Å². The number of benzene rings is 1. The first-order valence-corrected chi connectivity index (χ1v) is 9.17. The molecule has 1 aromatic heterocycles. The molecule has 2 fully saturated rings. The van der Waals surface area contributed by atoms with Crippen molar-refractivity contribution in [3.05, 3.63) is 18.2 Å². The molecule has 0 atom stereocenters. The minimum absolute atomic E-state index is 0.707. The van der Waals surface area contributed by atoms with Gasteiger partial charge in [-0.1, -0.05) is 17.4 Å². The van der Waals surface area contributed by atoms with Crippen LogP contribution >= 0.6 is 11.3 Å². The minimum Gasteiger partial charge on any atom is -0.494 e. The molecule has 23 heavy (non-hydrogen) atoms. The van der Waals surface area contributed by atoms with E-state index in [2.05, 4.69) is 15.9 Å². The zero-order valence-corrected chi connectivity index (χ0v) is 14.3. The SMILES string of the molecule is COc1cccc2sc(N3CCC(N4CCOCC4)CC3)nc12. The van der Waals surface area contributed by atoms with Gasteiger partial charge in [0.15, 0.2) is 5.13 Å². The van der Waals surface area contributed by atoms with Crippen molar-refractivity contribution in [1.82, 2.24) is 9.88 Å². The molecule has 0 radical (unpaired) electrons. The lowest BCUT2D eigenvalue weighted by Crippen LogP contribution is -2.49. The van der Waals surface area contributed by atoms with Crippen molar-refractivity contribution in [2.24, 2.45) is 0 Å². The Morgan fingerprint density at radius 1 is 1.17 bits per heavy atom. The van der Waals surface area contributed by atoms with Gasteiger partial charge in [0.25, 0.3) is 0 Å². The zero-order valence-electron chi connectivity index (χ0n) is 13.5. The van der Waals surface area contributed by atoms with Gasteiger partial charge >= 0.3 is 0 Å². The number of piperidine rings is 1. The van der Waals surface area contributed by atoms with Crippen LogP contribution in [0.1, 0.15) is 12.8 Å². The maximum absolute atomic E-state index is 5.46. The molecule has 0 aliphatic carbocycles. The van der Waals surface area contributed by atoms with Crippen LogP contribution in [0.15, 0.2) is 18.2 Å². The van der Waals surface area contributed by atoms with E-state index in [4.69, 9.17) is 14.5 Å². The largest absolute Gasteiger partial charge is 0.494 e. The molecule has 0 N–H and O–H groups in total. The highest BCUT2D eigenvalue weighted by Crippen LogP contribution is 2.35. The maximum Gasteiger partial charge on any atom is 0.186 e. The number of rotatable bonds is 3. The molecule has 1 aromatic carbocycles. The zero-order chi connectivity index (χ0) is 15.6. The lowest BCUT2D eigenvalue weighted by Gasteiger charge is -2.40. The van der Waals surface area contributed by atoms with Gasteiger partial charge in [-0.3, -0.25) is 4.90 Å². The number of nitrogens with zero attached hydrogens (tertiary/aromatic N) is 3. The van der Waals surface area contributed by atoms with Crippen molar-refractivity contribution in [2.45, 2.75) is 18.9 Å². The number of morpholine rings is 1. The summed E-state index contributed by atoms with van der Waals surface area (Å²) in [7, 11) is 1.71. The van der Waals surface area contributed by atoms with E-state index in [9.17, 15) is 0 Å². The summed E-state index contributed by atoms with van der Waals surface area (Å²) in [6, 6.07) is 6.85. The summed E-state index contributed by atoms with van der Waals surface area (Å²) in [6.45, 7) is 6.12. The van der Waals surface area contributed by atoms with Crippen LogP contribution in [-0.4, -0.2) is 62.4 Å². The van der Waals surface area contributed by atoms with Gasteiger partial charge < -0.3 is 14.4 Å². The second-order valence-corrected chi connectivity index (χ2v) is 7.18. The molecule has 0 amide bonds. The van der Waals surface area contributed by atoms with Gasteiger partial charge in [-0.15, -0.1) is 0 Å². The summed E-state index contributed by atoms with van der Waals surface area (Å²) in [6.07, 6.45) is 2.43. The van der Waals surface area contributed by atoms with Crippen LogP contribution in [0.3, 0.4) is 0 Å². The molecule has 0 bridgehead atoms. The highest BCUT2D eigenvalue weighted by atomic mass is 32.1. The normalized spacial score (nSPS) is 21.0. The predicted octanol–water partition coefficient (Wildman–Crippen LogP) is 2.61. The first-order valence-electron chi connectivity index (χ1n) is 8.35. The fourth-order valence-electron chi connectivity index (χ4n) is 3.58. The van der Waals surface area contributed by atoms with E-state index in [1.807, 2.05) is 12.1 Å². The Morgan fingerprint density at radius 2 is 1.96 bits per heavy atom. The Labute approximate surface area is 140 Å². The molecule has 124 valence electrons. The van der Waals surface area contributed by atoms with Crippen molar-refractivity contribution in [2.75, 3.05) is 51.4 Å². The van der Waals surface area contributed by atoms with E-state index in [-0.39, 0.29) is 0 Å². The van der Waals surface area contributed by atoms with Gasteiger partial charge in [0, 0.05) is 32.2 Å². The molecular weight excluding hydrogens is 310 g/mol. The van der Waals surface area contributed by atoms with Crippen LogP contribution in [0.4, 0.5) is 5.13 Å². The number of anilines is 1. The van der Waals surface area contributed by atoms with Crippen LogP contribution in [-0.2, 0) is 4.74 Å². The minimum atomic E-state index is 0.707. The molecule has 2 aromatic rings. The fraction of sp³-hybridized carbons (Fsp3) is 0.588. The lowest BCUT2D eigenvalue weighted by atomic mass is 10.0. The summed E-state index contributed by atoms with van der Waals surface area (Å²) in [5, 5.41) is 1.13. The first kappa shape index (κ1) is 15.2. The number of aromatic nitrogens is 1. The first-order chi connectivity index (χ1) is 11.3. The van der Waals surface area contributed by atoms with Gasteiger partial charge in [-0.25, -0.2) is 4.98 Å². The smallest absolute Gasteiger partial charge is 0.186 e. The Kier molecular flexibility index (Phi) is 4.37. The molecule has 2 aliphatic rings. The van der Waals surface area contributed by atoms with E-state index >= 15 is 0 Å². The predicted molar refractivity (Wildman–Crippen MR) is 93.8 cm³/mol. The van der Waals surface area contributed by atoms with Gasteiger partial charge in [0.2, 0.25) is 0 Å². The number of para-hydroxylation sites is 1. The van der Waals surface area contributed by atoms with E-state index in [0.717, 1.165) is 55.8 Å². The topological polar surface area (TPSA) is 37.8 Å². The van der Waals surface area contributed by atoms with Crippen molar-refractivity contribution in [3.8, 4) is 5.75 Å². The van der Waals surface area contributed by atoms with Crippen LogP contribution < -0.4 is 9.64 Å². The summed E-state index contributed by atoms with van der Waals surface area (Å²) < 4.78 is 12.1. The van der Waals surface area contributed by atoms with Crippen molar-refractivity contribution >= 4 is 26.7 Å². The van der Waals surface area contributed by atoms with E-state index in [1.54, 1.807) is 18.4 Å². The van der Waals surface area contributed by atoms with Gasteiger partial charge in [0.05, 0.1) is 25.0 Å². The lowest BCUT2D eigenvalue weighted by molar-refractivity contribution is 0.0115. The number of ether oxygens (including phenoxy) is 2. The molecule has 5 nitrogen and oxygen atoms in total. The fourth-order valence-corrected chi connectivity index (χ4v) is 4.61. The quantitative estimate of drug-likeness (QED) is 0.863. The molecule has 4 rings (SSSR count). The summed E-state index contributed by atoms with van der Waals surface area (Å²) >= 11 is 1.77. The molecule has 2 aliphatic heterocycles.